The van der Waals surface area contributed by atoms with E-state index in [1.165, 1.54) is 21.3 Å². The fraction of sp³-hybridized carbons (Fsp3) is 0.294. The Bertz CT molecular complexity index is 723. The Labute approximate surface area is 145 Å². The monoisotopic (exact) mass is 347 g/mol. The van der Waals surface area contributed by atoms with Gasteiger partial charge in [-0.15, -0.1) is 0 Å². The number of urea groups is 1. The average molecular weight is 347 g/mol. The number of aliphatic hydroxyl groups excluding tert-OH is 1. The highest BCUT2D eigenvalue weighted by Gasteiger charge is 2.16. The number of carbonyl (C=O) groups excluding carboxylic acids is 1. The molecule has 1 aromatic carbocycles. The van der Waals surface area contributed by atoms with E-state index in [-0.39, 0.29) is 6.54 Å². The summed E-state index contributed by atoms with van der Waals surface area (Å²) in [6, 6.07) is 7.92. The molecular weight excluding hydrogens is 326 g/mol. The third-order valence-corrected chi connectivity index (χ3v) is 3.46. The minimum atomic E-state index is -0.966. The summed E-state index contributed by atoms with van der Waals surface area (Å²) in [4.78, 5) is 16.0. The zero-order valence-corrected chi connectivity index (χ0v) is 14.3. The zero-order chi connectivity index (χ0) is 18.2. The van der Waals surface area contributed by atoms with Gasteiger partial charge in [-0.05, 0) is 30.3 Å². The van der Waals surface area contributed by atoms with E-state index < -0.39 is 12.1 Å². The van der Waals surface area contributed by atoms with Gasteiger partial charge < -0.3 is 30.0 Å². The molecule has 2 amide bonds. The van der Waals surface area contributed by atoms with Crippen LogP contribution in [0.1, 0.15) is 11.7 Å². The van der Waals surface area contributed by atoms with Gasteiger partial charge in [0, 0.05) is 18.3 Å². The molecule has 0 fully saturated rings. The second kappa shape index (κ2) is 8.74. The van der Waals surface area contributed by atoms with Crippen LogP contribution in [0, 0.1) is 0 Å². The van der Waals surface area contributed by atoms with Gasteiger partial charge in [0.2, 0.25) is 5.88 Å². The van der Waals surface area contributed by atoms with Gasteiger partial charge in [0.25, 0.3) is 0 Å². The van der Waals surface area contributed by atoms with Crippen molar-refractivity contribution in [1.29, 1.82) is 0 Å². The number of aliphatic hydroxyl groups is 1. The Kier molecular flexibility index (Phi) is 6.41. The summed E-state index contributed by atoms with van der Waals surface area (Å²) in [6.45, 7) is -0.0159. The van der Waals surface area contributed by atoms with Gasteiger partial charge in [-0.1, -0.05) is 0 Å². The zero-order valence-electron chi connectivity index (χ0n) is 14.3. The standard InChI is InChI=1S/C17H21N3O5/c1-23-11-6-7-15(24-2)12(9-11)14(21)10-19-17(22)20-13-5-4-8-18-16(13)25-3/h4-9,14,21H,10H2,1-3H3,(H2,19,20,22)/t14-/m0/s1. The first-order valence-corrected chi connectivity index (χ1v) is 7.53. The third kappa shape index (κ3) is 4.74. The average Bonchev–Trinajstić information content (AvgIpc) is 2.65. The summed E-state index contributed by atoms with van der Waals surface area (Å²) in [6.07, 6.45) is 0.590. The van der Waals surface area contributed by atoms with Crippen LogP contribution < -0.4 is 24.8 Å². The smallest absolute Gasteiger partial charge is 0.319 e. The van der Waals surface area contributed by atoms with E-state index in [1.807, 2.05) is 0 Å². The number of nitrogens with one attached hydrogen (secondary N) is 2. The SMILES string of the molecule is COc1ccc(OC)c([C@@H](O)CNC(=O)Nc2cccnc2OC)c1. The number of anilines is 1. The summed E-state index contributed by atoms with van der Waals surface area (Å²) in [5.74, 6) is 1.39. The van der Waals surface area contributed by atoms with Crippen LogP contribution in [0.3, 0.4) is 0 Å². The van der Waals surface area contributed by atoms with Gasteiger partial charge in [-0.3, -0.25) is 0 Å². The molecule has 8 nitrogen and oxygen atoms in total. The molecule has 0 radical (unpaired) electrons. The molecular formula is C17H21N3O5. The molecule has 0 aliphatic rings. The number of rotatable bonds is 7. The Morgan fingerprint density at radius 3 is 2.68 bits per heavy atom. The van der Waals surface area contributed by atoms with Gasteiger partial charge in [0.1, 0.15) is 23.3 Å². The molecule has 134 valence electrons. The number of hydrogen-bond donors (Lipinski definition) is 3. The molecule has 0 aliphatic heterocycles. The number of hydrogen-bond acceptors (Lipinski definition) is 6. The topological polar surface area (TPSA) is 102 Å². The predicted molar refractivity (Wildman–Crippen MR) is 92.3 cm³/mol. The molecule has 2 aromatic rings. The molecule has 0 saturated heterocycles. The summed E-state index contributed by atoms with van der Waals surface area (Å²) in [5.41, 5.74) is 0.942. The summed E-state index contributed by atoms with van der Waals surface area (Å²) >= 11 is 0. The molecule has 2 rings (SSSR count). The van der Waals surface area contributed by atoms with E-state index in [1.54, 1.807) is 36.5 Å². The van der Waals surface area contributed by atoms with Crippen molar-refractivity contribution in [2.45, 2.75) is 6.10 Å². The number of ether oxygens (including phenoxy) is 3. The molecule has 8 heteroatoms. The van der Waals surface area contributed by atoms with E-state index in [9.17, 15) is 9.90 Å². The fourth-order valence-electron chi connectivity index (χ4n) is 2.21. The maximum Gasteiger partial charge on any atom is 0.319 e. The van der Waals surface area contributed by atoms with Crippen LogP contribution >= 0.6 is 0 Å². The van der Waals surface area contributed by atoms with Gasteiger partial charge >= 0.3 is 6.03 Å². The van der Waals surface area contributed by atoms with E-state index in [0.29, 0.717) is 28.6 Å². The highest BCUT2D eigenvalue weighted by Crippen LogP contribution is 2.29. The molecule has 0 unspecified atom stereocenters. The minimum Gasteiger partial charge on any atom is -0.497 e. The van der Waals surface area contributed by atoms with E-state index in [0.717, 1.165) is 0 Å². The van der Waals surface area contributed by atoms with Crippen LogP contribution in [0.25, 0.3) is 0 Å². The van der Waals surface area contributed by atoms with Crippen LogP contribution in [0.2, 0.25) is 0 Å². The Morgan fingerprint density at radius 2 is 2.00 bits per heavy atom. The van der Waals surface area contributed by atoms with E-state index in [2.05, 4.69) is 15.6 Å². The highest BCUT2D eigenvalue weighted by atomic mass is 16.5. The van der Waals surface area contributed by atoms with Gasteiger partial charge in [0.15, 0.2) is 0 Å². The lowest BCUT2D eigenvalue weighted by atomic mass is 10.1. The number of carbonyl (C=O) groups is 1. The van der Waals surface area contributed by atoms with Crippen molar-refractivity contribution < 1.29 is 24.1 Å². The Balaban J connectivity index is 1.99. The van der Waals surface area contributed by atoms with E-state index >= 15 is 0 Å². The van der Waals surface area contributed by atoms with Crippen LogP contribution in [-0.4, -0.2) is 44.0 Å². The lowest BCUT2D eigenvalue weighted by Crippen LogP contribution is -2.32. The van der Waals surface area contributed by atoms with Crippen molar-refractivity contribution in [3.63, 3.8) is 0 Å². The predicted octanol–water partition coefficient (Wildman–Crippen LogP) is 1.96. The first-order chi connectivity index (χ1) is 12.1. The summed E-state index contributed by atoms with van der Waals surface area (Å²) in [7, 11) is 4.50. The lowest BCUT2D eigenvalue weighted by Gasteiger charge is -2.17. The molecule has 0 bridgehead atoms. The van der Waals surface area contributed by atoms with Gasteiger partial charge in [0.05, 0.1) is 21.3 Å². The largest absolute Gasteiger partial charge is 0.497 e. The molecule has 0 saturated carbocycles. The van der Waals surface area contributed by atoms with Crippen molar-refractivity contribution in [2.75, 3.05) is 33.2 Å². The molecule has 3 N–H and O–H groups in total. The van der Waals surface area contributed by atoms with Gasteiger partial charge in [-0.2, -0.15) is 0 Å². The maximum atomic E-state index is 12.0. The van der Waals surface area contributed by atoms with Crippen LogP contribution in [-0.2, 0) is 0 Å². The third-order valence-electron chi connectivity index (χ3n) is 3.46. The molecule has 0 spiro atoms. The molecule has 1 atom stereocenters. The second-order valence-electron chi connectivity index (χ2n) is 5.02. The molecule has 0 aliphatic carbocycles. The number of pyridine rings is 1. The van der Waals surface area contributed by atoms with Crippen molar-refractivity contribution in [2.24, 2.45) is 0 Å². The number of nitrogens with zero attached hydrogens (tertiary/aromatic N) is 1. The lowest BCUT2D eigenvalue weighted by molar-refractivity contribution is 0.170. The number of aromatic nitrogens is 1. The highest BCUT2D eigenvalue weighted by molar-refractivity contribution is 5.90. The normalized spacial score (nSPS) is 11.4. The van der Waals surface area contributed by atoms with Crippen molar-refractivity contribution in [3.05, 3.63) is 42.1 Å². The van der Waals surface area contributed by atoms with Crippen molar-refractivity contribution in [3.8, 4) is 17.4 Å². The second-order valence-corrected chi connectivity index (χ2v) is 5.02. The van der Waals surface area contributed by atoms with E-state index in [4.69, 9.17) is 14.2 Å². The quantitative estimate of drug-likeness (QED) is 0.708. The Morgan fingerprint density at radius 1 is 1.20 bits per heavy atom. The Hall–Kier alpha value is -3.00. The first-order valence-electron chi connectivity index (χ1n) is 7.53. The first kappa shape index (κ1) is 18.3. The van der Waals surface area contributed by atoms with Crippen LogP contribution in [0.4, 0.5) is 10.5 Å². The minimum absolute atomic E-state index is 0.0159. The van der Waals surface area contributed by atoms with Crippen molar-refractivity contribution >= 4 is 11.7 Å². The molecule has 25 heavy (non-hydrogen) atoms. The maximum absolute atomic E-state index is 12.0. The molecule has 1 aromatic heterocycles. The summed E-state index contributed by atoms with van der Waals surface area (Å²) in [5, 5.41) is 15.6. The van der Waals surface area contributed by atoms with Crippen LogP contribution in [0.5, 0.6) is 17.4 Å². The van der Waals surface area contributed by atoms with Crippen LogP contribution in [0.15, 0.2) is 36.5 Å². The van der Waals surface area contributed by atoms with Gasteiger partial charge in [-0.25, -0.2) is 9.78 Å². The number of methoxy groups -OCH3 is 3. The number of amides is 2. The molecule has 1 heterocycles. The van der Waals surface area contributed by atoms with Crippen molar-refractivity contribution in [1.82, 2.24) is 10.3 Å². The summed E-state index contributed by atoms with van der Waals surface area (Å²) < 4.78 is 15.4. The number of benzene rings is 1. The fourth-order valence-corrected chi connectivity index (χ4v) is 2.21.